The summed E-state index contributed by atoms with van der Waals surface area (Å²) in [6.45, 7) is 8.77. The Kier molecular flexibility index (Phi) is 5.39. The maximum absolute atomic E-state index is 6.09. The zero-order chi connectivity index (χ0) is 13.8. The van der Waals surface area contributed by atoms with Gasteiger partial charge >= 0.3 is 0 Å². The Morgan fingerprint density at radius 2 is 2.21 bits per heavy atom. The van der Waals surface area contributed by atoms with Crippen molar-refractivity contribution in [2.45, 2.75) is 38.8 Å². The maximum atomic E-state index is 6.09. The van der Waals surface area contributed by atoms with E-state index in [2.05, 4.69) is 42.8 Å². The monoisotopic (exact) mass is 281 g/mol. The highest BCUT2D eigenvalue weighted by Crippen LogP contribution is 2.30. The minimum Gasteiger partial charge on any atom is -0.329 e. The van der Waals surface area contributed by atoms with E-state index in [1.807, 2.05) is 11.3 Å². The SMILES string of the molecule is CCc1ccc(C(CN)N2CCCN(C)CC2C)s1. The summed E-state index contributed by atoms with van der Waals surface area (Å²) in [6, 6.07) is 5.51. The molecule has 1 aliphatic rings. The molecule has 2 atom stereocenters. The lowest BCUT2D eigenvalue weighted by molar-refractivity contribution is 0.148. The van der Waals surface area contributed by atoms with Crippen LogP contribution >= 0.6 is 11.3 Å². The summed E-state index contributed by atoms with van der Waals surface area (Å²) in [7, 11) is 2.22. The lowest BCUT2D eigenvalue weighted by Crippen LogP contribution is -2.42. The second-order valence-electron chi connectivity index (χ2n) is 5.61. The Morgan fingerprint density at radius 3 is 2.84 bits per heavy atom. The van der Waals surface area contributed by atoms with Gasteiger partial charge in [-0.25, -0.2) is 0 Å². The van der Waals surface area contributed by atoms with Crippen molar-refractivity contribution in [3.63, 3.8) is 0 Å². The molecule has 1 aliphatic heterocycles. The van der Waals surface area contributed by atoms with E-state index in [0.717, 1.165) is 26.1 Å². The average molecular weight is 281 g/mol. The molecule has 108 valence electrons. The van der Waals surface area contributed by atoms with Crippen LogP contribution in [-0.2, 0) is 6.42 Å². The Morgan fingerprint density at radius 1 is 1.42 bits per heavy atom. The van der Waals surface area contributed by atoms with Crippen molar-refractivity contribution in [1.82, 2.24) is 9.80 Å². The molecule has 0 amide bonds. The highest BCUT2D eigenvalue weighted by atomic mass is 32.1. The highest BCUT2D eigenvalue weighted by molar-refractivity contribution is 7.12. The molecule has 1 fully saturated rings. The van der Waals surface area contributed by atoms with Gasteiger partial charge in [0.25, 0.3) is 0 Å². The van der Waals surface area contributed by atoms with Crippen molar-refractivity contribution in [3.8, 4) is 0 Å². The lowest BCUT2D eigenvalue weighted by Gasteiger charge is -2.34. The van der Waals surface area contributed by atoms with E-state index >= 15 is 0 Å². The molecule has 0 spiro atoms. The van der Waals surface area contributed by atoms with Crippen LogP contribution in [0.1, 0.15) is 36.1 Å². The van der Waals surface area contributed by atoms with E-state index in [1.165, 1.54) is 22.7 Å². The summed E-state index contributed by atoms with van der Waals surface area (Å²) in [5, 5.41) is 0. The van der Waals surface area contributed by atoms with E-state index in [1.54, 1.807) is 0 Å². The number of likely N-dealkylation sites (N-methyl/N-ethyl adjacent to an activating group) is 1. The third kappa shape index (κ3) is 3.57. The molecule has 0 aliphatic carbocycles. The van der Waals surface area contributed by atoms with Gasteiger partial charge in [0, 0.05) is 35.4 Å². The fourth-order valence-corrected chi connectivity index (χ4v) is 4.12. The van der Waals surface area contributed by atoms with Gasteiger partial charge in [0.15, 0.2) is 0 Å². The van der Waals surface area contributed by atoms with Gasteiger partial charge < -0.3 is 10.6 Å². The summed E-state index contributed by atoms with van der Waals surface area (Å²) in [5.41, 5.74) is 6.09. The molecule has 0 bridgehead atoms. The molecule has 2 unspecified atom stereocenters. The zero-order valence-corrected chi connectivity index (χ0v) is 13.2. The van der Waals surface area contributed by atoms with Crippen molar-refractivity contribution >= 4 is 11.3 Å². The first-order chi connectivity index (χ1) is 9.15. The predicted molar refractivity (Wildman–Crippen MR) is 83.8 cm³/mol. The third-order valence-corrected chi connectivity index (χ3v) is 5.41. The summed E-state index contributed by atoms with van der Waals surface area (Å²) in [6.07, 6.45) is 2.36. The quantitative estimate of drug-likeness (QED) is 0.919. The number of hydrogen-bond donors (Lipinski definition) is 1. The molecule has 1 saturated heterocycles. The predicted octanol–water partition coefficient (Wildman–Crippen LogP) is 2.34. The van der Waals surface area contributed by atoms with E-state index in [-0.39, 0.29) is 0 Å². The minimum absolute atomic E-state index is 0.395. The van der Waals surface area contributed by atoms with Crippen molar-refractivity contribution in [2.24, 2.45) is 5.73 Å². The van der Waals surface area contributed by atoms with Crippen LogP contribution in [0.4, 0.5) is 0 Å². The number of nitrogens with two attached hydrogens (primary N) is 1. The summed E-state index contributed by atoms with van der Waals surface area (Å²) in [4.78, 5) is 7.95. The first-order valence-electron chi connectivity index (χ1n) is 7.38. The minimum atomic E-state index is 0.395. The molecule has 1 aromatic heterocycles. The molecule has 0 radical (unpaired) electrons. The van der Waals surface area contributed by atoms with Gasteiger partial charge in [-0.05, 0) is 45.5 Å². The molecule has 2 heterocycles. The number of aryl methyl sites for hydroxylation is 1. The number of hydrogen-bond acceptors (Lipinski definition) is 4. The maximum Gasteiger partial charge on any atom is 0.0567 e. The average Bonchev–Trinajstić information content (AvgIpc) is 2.79. The summed E-state index contributed by atoms with van der Waals surface area (Å²) >= 11 is 1.93. The van der Waals surface area contributed by atoms with Crippen LogP contribution in [0, 0.1) is 0 Å². The van der Waals surface area contributed by atoms with Crippen LogP contribution < -0.4 is 5.73 Å². The Bertz CT molecular complexity index is 390. The van der Waals surface area contributed by atoms with Gasteiger partial charge in [-0.1, -0.05) is 6.92 Å². The molecule has 0 aromatic carbocycles. The standard InChI is InChI=1S/C15H27N3S/c1-4-13-6-7-15(19-13)14(10-16)18-9-5-8-17(3)11-12(18)2/h6-7,12,14H,4-5,8-11,16H2,1-3H3. The third-order valence-electron chi connectivity index (χ3n) is 4.08. The number of nitrogens with zero attached hydrogens (tertiary/aromatic N) is 2. The first kappa shape index (κ1) is 15.0. The van der Waals surface area contributed by atoms with E-state index in [9.17, 15) is 0 Å². The molecular formula is C15H27N3S. The van der Waals surface area contributed by atoms with E-state index < -0.39 is 0 Å². The van der Waals surface area contributed by atoms with Crippen molar-refractivity contribution in [3.05, 3.63) is 21.9 Å². The number of rotatable bonds is 4. The van der Waals surface area contributed by atoms with Gasteiger partial charge in [0.1, 0.15) is 0 Å². The topological polar surface area (TPSA) is 32.5 Å². The fraction of sp³-hybridized carbons (Fsp3) is 0.733. The second kappa shape index (κ2) is 6.84. The van der Waals surface area contributed by atoms with Crippen LogP contribution in [0.15, 0.2) is 12.1 Å². The Hall–Kier alpha value is -0.420. The van der Waals surface area contributed by atoms with Crippen molar-refractivity contribution in [1.29, 1.82) is 0 Å². The smallest absolute Gasteiger partial charge is 0.0567 e. The molecule has 2 N–H and O–H groups in total. The summed E-state index contributed by atoms with van der Waals surface area (Å²) < 4.78 is 0. The van der Waals surface area contributed by atoms with Gasteiger partial charge in [0.05, 0.1) is 6.04 Å². The van der Waals surface area contributed by atoms with Crippen molar-refractivity contribution < 1.29 is 0 Å². The number of thiophene rings is 1. The van der Waals surface area contributed by atoms with Crippen LogP contribution in [0.2, 0.25) is 0 Å². The molecule has 19 heavy (non-hydrogen) atoms. The van der Waals surface area contributed by atoms with Gasteiger partial charge in [0.2, 0.25) is 0 Å². The van der Waals surface area contributed by atoms with Gasteiger partial charge in [-0.2, -0.15) is 0 Å². The molecule has 0 saturated carbocycles. The van der Waals surface area contributed by atoms with Crippen LogP contribution in [0.25, 0.3) is 0 Å². The molecular weight excluding hydrogens is 254 g/mol. The zero-order valence-electron chi connectivity index (χ0n) is 12.4. The van der Waals surface area contributed by atoms with Crippen molar-refractivity contribution in [2.75, 3.05) is 33.2 Å². The van der Waals surface area contributed by atoms with Gasteiger partial charge in [-0.3, -0.25) is 4.90 Å². The largest absolute Gasteiger partial charge is 0.329 e. The second-order valence-corrected chi connectivity index (χ2v) is 6.81. The molecule has 2 rings (SSSR count). The first-order valence-corrected chi connectivity index (χ1v) is 8.20. The van der Waals surface area contributed by atoms with E-state index in [4.69, 9.17) is 5.73 Å². The fourth-order valence-electron chi connectivity index (χ4n) is 3.03. The Labute approximate surface area is 121 Å². The highest BCUT2D eigenvalue weighted by Gasteiger charge is 2.27. The molecule has 4 heteroatoms. The molecule has 1 aromatic rings. The molecule has 3 nitrogen and oxygen atoms in total. The summed E-state index contributed by atoms with van der Waals surface area (Å²) in [5.74, 6) is 0. The van der Waals surface area contributed by atoms with E-state index in [0.29, 0.717) is 12.1 Å². The normalized spacial score (nSPS) is 24.3. The Balaban J connectivity index is 2.15. The van der Waals surface area contributed by atoms with Crippen LogP contribution in [0.3, 0.4) is 0 Å². The van der Waals surface area contributed by atoms with Crippen LogP contribution in [0.5, 0.6) is 0 Å². The lowest BCUT2D eigenvalue weighted by atomic mass is 10.1. The van der Waals surface area contributed by atoms with Crippen LogP contribution in [-0.4, -0.2) is 49.1 Å². The van der Waals surface area contributed by atoms with Gasteiger partial charge in [-0.15, -0.1) is 11.3 Å².